The second kappa shape index (κ2) is 8.59. The fourth-order valence-corrected chi connectivity index (χ4v) is 2.71. The van der Waals surface area contributed by atoms with E-state index in [4.69, 9.17) is 5.73 Å². The highest BCUT2D eigenvalue weighted by molar-refractivity contribution is 7.90. The van der Waals surface area contributed by atoms with E-state index < -0.39 is 15.9 Å². The molecule has 6 nitrogen and oxygen atoms in total. The fourth-order valence-electron chi connectivity index (χ4n) is 2.02. The number of hydrogen-bond donors (Lipinski definition) is 2. The van der Waals surface area contributed by atoms with Crippen molar-refractivity contribution in [2.24, 2.45) is 5.73 Å². The number of nitrogens with two attached hydrogens (primary N) is 1. The Morgan fingerprint density at radius 3 is 2.10 bits per heavy atom. The first kappa shape index (κ1) is 19.3. The summed E-state index contributed by atoms with van der Waals surface area (Å²) in [4.78, 5) is 14.0. The first-order valence-electron chi connectivity index (χ1n) is 7.01. The van der Waals surface area contributed by atoms with E-state index in [1.807, 2.05) is 0 Å². The highest BCUT2D eigenvalue weighted by Gasteiger charge is 2.17. The van der Waals surface area contributed by atoms with Gasteiger partial charge in [-0.05, 0) is 34.1 Å². The maximum Gasteiger partial charge on any atom is 0.236 e. The molecule has 0 bridgehead atoms. The third-order valence-electron chi connectivity index (χ3n) is 3.13. The summed E-state index contributed by atoms with van der Waals surface area (Å²) < 4.78 is 22.0. The van der Waals surface area contributed by atoms with Crippen molar-refractivity contribution in [1.29, 1.82) is 0 Å². The van der Waals surface area contributed by atoms with Crippen LogP contribution >= 0.6 is 0 Å². The summed E-state index contributed by atoms with van der Waals surface area (Å²) in [5, 5.41) is 2.76. The van der Waals surface area contributed by atoms with Crippen molar-refractivity contribution in [2.45, 2.75) is 52.2 Å². The molecule has 120 valence electrons. The van der Waals surface area contributed by atoms with Crippen LogP contribution in [0.1, 0.15) is 34.1 Å². The van der Waals surface area contributed by atoms with Crippen LogP contribution in [0.2, 0.25) is 0 Å². The Kier molecular flexibility index (Phi) is 8.30. The molecule has 0 spiro atoms. The molecule has 7 heteroatoms. The molecule has 0 rings (SSSR count). The van der Waals surface area contributed by atoms with Gasteiger partial charge in [0.15, 0.2) is 0 Å². The number of carbonyl (C=O) groups excluding carboxylic acids is 1. The number of nitrogens with one attached hydrogen (secondary N) is 1. The Labute approximate surface area is 123 Å². The van der Waals surface area contributed by atoms with Crippen LogP contribution in [-0.4, -0.2) is 62.4 Å². The van der Waals surface area contributed by atoms with Crippen LogP contribution < -0.4 is 11.1 Å². The molecule has 0 aromatic rings. The van der Waals surface area contributed by atoms with Gasteiger partial charge in [-0.25, -0.2) is 8.42 Å². The Hall–Kier alpha value is -0.660. The lowest BCUT2D eigenvalue weighted by atomic mass is 10.2. The largest absolute Gasteiger partial charge is 0.353 e. The van der Waals surface area contributed by atoms with E-state index >= 15 is 0 Å². The minimum atomic E-state index is -3.08. The van der Waals surface area contributed by atoms with Crippen LogP contribution in [0.4, 0.5) is 0 Å². The number of carbonyl (C=O) groups is 1. The number of hydrogen-bond acceptors (Lipinski definition) is 5. The van der Waals surface area contributed by atoms with Crippen LogP contribution in [0, 0.1) is 0 Å². The number of sulfone groups is 1. The van der Waals surface area contributed by atoms with Gasteiger partial charge in [0.1, 0.15) is 9.84 Å². The summed E-state index contributed by atoms with van der Waals surface area (Å²) >= 11 is 0. The maximum atomic E-state index is 11.7. The molecule has 0 aromatic heterocycles. The molecule has 0 aliphatic rings. The van der Waals surface area contributed by atoms with Gasteiger partial charge in [0, 0.05) is 31.4 Å². The van der Waals surface area contributed by atoms with E-state index in [2.05, 4.69) is 37.9 Å². The van der Waals surface area contributed by atoms with Gasteiger partial charge in [-0.15, -0.1) is 0 Å². The lowest BCUT2D eigenvalue weighted by Gasteiger charge is -2.30. The third-order valence-corrected chi connectivity index (χ3v) is 4.11. The Morgan fingerprint density at radius 2 is 1.70 bits per heavy atom. The van der Waals surface area contributed by atoms with Gasteiger partial charge in [0.25, 0.3) is 0 Å². The highest BCUT2D eigenvalue weighted by atomic mass is 32.2. The molecule has 1 unspecified atom stereocenters. The fraction of sp³-hybridized carbons (Fsp3) is 0.923. The topological polar surface area (TPSA) is 92.5 Å². The van der Waals surface area contributed by atoms with E-state index in [0.29, 0.717) is 18.6 Å². The zero-order chi connectivity index (χ0) is 15.9. The summed E-state index contributed by atoms with van der Waals surface area (Å²) in [6, 6.07) is 0.0490. The average molecular weight is 307 g/mol. The molecule has 1 atom stereocenters. The van der Waals surface area contributed by atoms with Gasteiger partial charge in [-0.2, -0.15) is 0 Å². The molecular formula is C13H29N3O3S. The van der Waals surface area contributed by atoms with E-state index in [9.17, 15) is 13.2 Å². The molecular weight excluding hydrogens is 278 g/mol. The standard InChI is InChI=1S/C13H29N3O3S/c1-10(2)16(11(3)4)8-7-15-13(17)12(14)6-9-20(5,18)19/h10-12H,6-9,14H2,1-5H3,(H,15,17). The smallest absolute Gasteiger partial charge is 0.236 e. The van der Waals surface area contributed by atoms with Crippen molar-refractivity contribution >= 4 is 15.7 Å². The van der Waals surface area contributed by atoms with Gasteiger partial charge >= 0.3 is 0 Å². The lowest BCUT2D eigenvalue weighted by molar-refractivity contribution is -0.122. The molecule has 0 heterocycles. The van der Waals surface area contributed by atoms with Crippen LogP contribution in [0.3, 0.4) is 0 Å². The van der Waals surface area contributed by atoms with E-state index in [1.54, 1.807) is 0 Å². The van der Waals surface area contributed by atoms with E-state index in [-0.39, 0.29) is 18.1 Å². The predicted octanol–water partition coefficient (Wildman–Crippen LogP) is -0.0166. The second-order valence-corrected chi connectivity index (χ2v) is 8.00. The SMILES string of the molecule is CC(C)N(CCNC(=O)C(N)CCS(C)(=O)=O)C(C)C. The normalized spacial score (nSPS) is 14.1. The maximum absolute atomic E-state index is 11.7. The molecule has 1 amide bonds. The molecule has 0 fully saturated rings. The number of rotatable bonds is 9. The minimum Gasteiger partial charge on any atom is -0.353 e. The molecule has 0 saturated carbocycles. The number of nitrogens with zero attached hydrogens (tertiary/aromatic N) is 1. The number of amides is 1. The van der Waals surface area contributed by atoms with Crippen LogP contribution in [0.5, 0.6) is 0 Å². The molecule has 0 radical (unpaired) electrons. The Balaban J connectivity index is 4.09. The zero-order valence-corrected chi connectivity index (χ0v) is 14.0. The summed E-state index contributed by atoms with van der Waals surface area (Å²) in [7, 11) is -3.08. The van der Waals surface area contributed by atoms with Crippen molar-refractivity contribution < 1.29 is 13.2 Å². The van der Waals surface area contributed by atoms with E-state index in [1.165, 1.54) is 0 Å². The molecule has 0 saturated heterocycles. The summed E-state index contributed by atoms with van der Waals surface area (Å²) in [5.41, 5.74) is 5.67. The van der Waals surface area contributed by atoms with Crippen LogP contribution in [0.15, 0.2) is 0 Å². The van der Waals surface area contributed by atoms with Gasteiger partial charge in [0.2, 0.25) is 5.91 Å². The van der Waals surface area contributed by atoms with E-state index in [0.717, 1.165) is 12.8 Å². The van der Waals surface area contributed by atoms with Crippen molar-refractivity contribution in [3.63, 3.8) is 0 Å². The second-order valence-electron chi connectivity index (χ2n) is 5.74. The van der Waals surface area contributed by atoms with Crippen molar-refractivity contribution in [2.75, 3.05) is 25.1 Å². The van der Waals surface area contributed by atoms with Crippen LogP contribution in [-0.2, 0) is 14.6 Å². The van der Waals surface area contributed by atoms with Crippen molar-refractivity contribution in [1.82, 2.24) is 10.2 Å². The summed E-state index contributed by atoms with van der Waals surface area (Å²) in [6.07, 6.45) is 1.30. The summed E-state index contributed by atoms with van der Waals surface area (Å²) in [6.45, 7) is 9.71. The van der Waals surface area contributed by atoms with Gasteiger partial charge in [0.05, 0.1) is 11.8 Å². The molecule has 20 heavy (non-hydrogen) atoms. The zero-order valence-electron chi connectivity index (χ0n) is 13.2. The van der Waals surface area contributed by atoms with Crippen LogP contribution in [0.25, 0.3) is 0 Å². The average Bonchev–Trinajstić information content (AvgIpc) is 2.29. The molecule has 0 aliphatic carbocycles. The first-order chi connectivity index (χ1) is 9.04. The van der Waals surface area contributed by atoms with Crippen molar-refractivity contribution in [3.8, 4) is 0 Å². The van der Waals surface area contributed by atoms with Crippen molar-refractivity contribution in [3.05, 3.63) is 0 Å². The lowest BCUT2D eigenvalue weighted by Crippen LogP contribution is -2.46. The predicted molar refractivity (Wildman–Crippen MR) is 82.3 cm³/mol. The highest BCUT2D eigenvalue weighted by Crippen LogP contribution is 2.03. The minimum absolute atomic E-state index is 0.0638. The quantitative estimate of drug-likeness (QED) is 0.625. The van der Waals surface area contributed by atoms with Gasteiger partial charge < -0.3 is 11.1 Å². The third kappa shape index (κ3) is 8.50. The van der Waals surface area contributed by atoms with Gasteiger partial charge in [-0.1, -0.05) is 0 Å². The molecule has 3 N–H and O–H groups in total. The molecule has 0 aliphatic heterocycles. The molecule has 0 aromatic carbocycles. The van der Waals surface area contributed by atoms with Gasteiger partial charge in [-0.3, -0.25) is 9.69 Å². The Morgan fingerprint density at radius 1 is 1.20 bits per heavy atom. The monoisotopic (exact) mass is 307 g/mol. The first-order valence-corrected chi connectivity index (χ1v) is 9.07. The summed E-state index contributed by atoms with van der Waals surface area (Å²) in [5.74, 6) is -0.354. The Bertz CT molecular complexity index is 386.